The molecule has 3 rings (SSSR count). The Kier molecular flexibility index (Phi) is 4.61. The van der Waals surface area contributed by atoms with Crippen molar-refractivity contribution >= 4 is 11.8 Å². The summed E-state index contributed by atoms with van der Waals surface area (Å²) >= 11 is 1.56. The van der Waals surface area contributed by atoms with E-state index in [4.69, 9.17) is 0 Å². The minimum Gasteiger partial charge on any atom is -0.388 e. The minimum atomic E-state index is -0.492. The summed E-state index contributed by atoms with van der Waals surface area (Å²) in [5.74, 6) is 0.576. The van der Waals surface area contributed by atoms with Gasteiger partial charge in [0.15, 0.2) is 5.16 Å². The smallest absolute Gasteiger partial charge is 0.172 e. The van der Waals surface area contributed by atoms with Crippen LogP contribution < -0.4 is 0 Å². The predicted octanol–water partition coefficient (Wildman–Crippen LogP) is 4.01. The fourth-order valence-electron chi connectivity index (χ4n) is 2.34. The molecule has 3 aromatic rings. The van der Waals surface area contributed by atoms with Crippen molar-refractivity contribution in [1.82, 2.24) is 9.55 Å². The minimum absolute atomic E-state index is 0.492. The molecule has 0 amide bonds. The van der Waals surface area contributed by atoms with Gasteiger partial charge in [0.1, 0.15) is 0 Å². The molecule has 1 heterocycles. The summed E-state index contributed by atoms with van der Waals surface area (Å²) < 4.78 is 2.07. The summed E-state index contributed by atoms with van der Waals surface area (Å²) in [5.41, 5.74) is 3.26. The van der Waals surface area contributed by atoms with Crippen LogP contribution in [0.5, 0.6) is 0 Å². The van der Waals surface area contributed by atoms with Gasteiger partial charge in [-0.15, -0.1) is 0 Å². The Labute approximate surface area is 134 Å². The van der Waals surface area contributed by atoms with E-state index in [2.05, 4.69) is 28.6 Å². The van der Waals surface area contributed by atoms with Gasteiger partial charge in [0, 0.05) is 18.1 Å². The van der Waals surface area contributed by atoms with Gasteiger partial charge < -0.3 is 5.11 Å². The van der Waals surface area contributed by atoms with Crippen molar-refractivity contribution in [3.05, 3.63) is 78.1 Å². The summed E-state index contributed by atoms with van der Waals surface area (Å²) in [6.07, 6.45) is 3.26. The molecule has 22 heavy (non-hydrogen) atoms. The number of para-hydroxylation sites is 1. The van der Waals surface area contributed by atoms with Gasteiger partial charge in [-0.25, -0.2) is 4.98 Å². The molecule has 4 heteroatoms. The maximum atomic E-state index is 10.3. The monoisotopic (exact) mass is 310 g/mol. The number of aliphatic hydroxyl groups is 1. The van der Waals surface area contributed by atoms with E-state index in [0.29, 0.717) is 5.75 Å². The highest BCUT2D eigenvalue weighted by atomic mass is 32.2. The van der Waals surface area contributed by atoms with Crippen molar-refractivity contribution in [2.75, 3.05) is 5.75 Å². The molecule has 0 aliphatic heterocycles. The van der Waals surface area contributed by atoms with E-state index < -0.39 is 6.10 Å². The Balaban J connectivity index is 1.75. The Morgan fingerprint density at radius 1 is 1.09 bits per heavy atom. The van der Waals surface area contributed by atoms with Crippen LogP contribution in [0.25, 0.3) is 5.69 Å². The molecular formula is C18H18N2OS. The molecule has 0 saturated heterocycles. The van der Waals surface area contributed by atoms with Gasteiger partial charge in [-0.2, -0.15) is 0 Å². The van der Waals surface area contributed by atoms with Gasteiger partial charge in [0.25, 0.3) is 0 Å². The molecule has 2 aromatic carbocycles. The Morgan fingerprint density at radius 2 is 1.82 bits per heavy atom. The molecule has 0 spiro atoms. The highest BCUT2D eigenvalue weighted by Gasteiger charge is 2.12. The third-order valence-corrected chi connectivity index (χ3v) is 4.58. The number of aliphatic hydroxyl groups excluding tert-OH is 1. The number of rotatable bonds is 5. The van der Waals surface area contributed by atoms with Crippen molar-refractivity contribution < 1.29 is 5.11 Å². The number of aryl methyl sites for hydroxylation is 1. The summed E-state index contributed by atoms with van der Waals surface area (Å²) in [5, 5.41) is 11.2. The zero-order valence-electron chi connectivity index (χ0n) is 12.4. The zero-order valence-corrected chi connectivity index (χ0v) is 13.2. The molecule has 1 N–H and O–H groups in total. The Hall–Kier alpha value is -2.04. The molecule has 3 nitrogen and oxygen atoms in total. The SMILES string of the molecule is Cc1ccccc1-n1ccnc1SCC(O)c1ccccc1. The Morgan fingerprint density at radius 3 is 2.59 bits per heavy atom. The van der Waals surface area contributed by atoms with E-state index in [-0.39, 0.29) is 0 Å². The van der Waals surface area contributed by atoms with Gasteiger partial charge in [-0.3, -0.25) is 4.57 Å². The second-order valence-corrected chi connectivity index (χ2v) is 6.09. The summed E-state index contributed by atoms with van der Waals surface area (Å²) in [6.45, 7) is 2.09. The van der Waals surface area contributed by atoms with Gasteiger partial charge in [0.2, 0.25) is 0 Å². The third-order valence-electron chi connectivity index (χ3n) is 3.54. The van der Waals surface area contributed by atoms with Crippen LogP contribution >= 0.6 is 11.8 Å². The molecule has 0 radical (unpaired) electrons. The first kappa shape index (κ1) is 14.9. The molecule has 0 saturated carbocycles. The fourth-order valence-corrected chi connectivity index (χ4v) is 3.27. The van der Waals surface area contributed by atoms with E-state index in [1.807, 2.05) is 48.7 Å². The largest absolute Gasteiger partial charge is 0.388 e. The molecule has 0 bridgehead atoms. The average Bonchev–Trinajstić information content (AvgIpc) is 3.02. The lowest BCUT2D eigenvalue weighted by atomic mass is 10.1. The van der Waals surface area contributed by atoms with Crippen LogP contribution in [-0.2, 0) is 0 Å². The summed E-state index contributed by atoms with van der Waals surface area (Å²) in [4.78, 5) is 4.41. The highest BCUT2D eigenvalue weighted by Crippen LogP contribution is 2.26. The number of hydrogen-bond acceptors (Lipinski definition) is 3. The first-order valence-corrected chi connectivity index (χ1v) is 8.19. The average molecular weight is 310 g/mol. The van der Waals surface area contributed by atoms with E-state index in [9.17, 15) is 5.11 Å². The highest BCUT2D eigenvalue weighted by molar-refractivity contribution is 7.99. The number of aromatic nitrogens is 2. The maximum Gasteiger partial charge on any atom is 0.172 e. The molecule has 0 aliphatic carbocycles. The van der Waals surface area contributed by atoms with Crippen molar-refractivity contribution in [2.24, 2.45) is 0 Å². The van der Waals surface area contributed by atoms with E-state index in [0.717, 1.165) is 16.4 Å². The van der Waals surface area contributed by atoms with Crippen molar-refractivity contribution in [3.8, 4) is 5.69 Å². The van der Waals surface area contributed by atoms with E-state index >= 15 is 0 Å². The van der Waals surface area contributed by atoms with Crippen LogP contribution in [0.2, 0.25) is 0 Å². The van der Waals surface area contributed by atoms with Crippen LogP contribution in [-0.4, -0.2) is 20.4 Å². The summed E-state index contributed by atoms with van der Waals surface area (Å²) in [6, 6.07) is 17.9. The summed E-state index contributed by atoms with van der Waals surface area (Å²) in [7, 11) is 0. The standard InChI is InChI=1S/C18H18N2OS/c1-14-7-5-6-10-16(14)20-12-11-19-18(20)22-13-17(21)15-8-3-2-4-9-15/h2-12,17,21H,13H2,1H3. The number of nitrogens with zero attached hydrogens (tertiary/aromatic N) is 2. The van der Waals surface area contributed by atoms with Gasteiger partial charge >= 0.3 is 0 Å². The van der Waals surface area contributed by atoms with Crippen LogP contribution in [0.1, 0.15) is 17.2 Å². The quantitative estimate of drug-likeness (QED) is 0.724. The third kappa shape index (κ3) is 3.24. The molecule has 112 valence electrons. The molecule has 0 fully saturated rings. The maximum absolute atomic E-state index is 10.3. The normalized spacial score (nSPS) is 12.3. The second kappa shape index (κ2) is 6.81. The first-order chi connectivity index (χ1) is 10.8. The van der Waals surface area contributed by atoms with Gasteiger partial charge in [0.05, 0.1) is 11.8 Å². The lowest BCUT2D eigenvalue weighted by molar-refractivity contribution is 0.204. The topological polar surface area (TPSA) is 38.0 Å². The van der Waals surface area contributed by atoms with Crippen molar-refractivity contribution in [1.29, 1.82) is 0 Å². The van der Waals surface area contributed by atoms with E-state index in [1.165, 1.54) is 5.56 Å². The molecular weight excluding hydrogens is 292 g/mol. The Bertz CT molecular complexity index is 740. The van der Waals surface area contributed by atoms with Crippen molar-refractivity contribution in [3.63, 3.8) is 0 Å². The molecule has 1 aromatic heterocycles. The predicted molar refractivity (Wildman–Crippen MR) is 90.4 cm³/mol. The molecule has 1 atom stereocenters. The van der Waals surface area contributed by atoms with Crippen molar-refractivity contribution in [2.45, 2.75) is 18.2 Å². The second-order valence-electron chi connectivity index (χ2n) is 5.10. The number of thioether (sulfide) groups is 1. The fraction of sp³-hybridized carbons (Fsp3) is 0.167. The van der Waals surface area contributed by atoms with Gasteiger partial charge in [-0.05, 0) is 24.1 Å². The molecule has 1 unspecified atom stereocenters. The van der Waals surface area contributed by atoms with Crippen LogP contribution in [0, 0.1) is 6.92 Å². The lowest BCUT2D eigenvalue weighted by Crippen LogP contribution is -2.03. The number of benzene rings is 2. The van der Waals surface area contributed by atoms with Gasteiger partial charge in [-0.1, -0.05) is 60.3 Å². The lowest BCUT2D eigenvalue weighted by Gasteiger charge is -2.13. The number of hydrogen-bond donors (Lipinski definition) is 1. The van der Waals surface area contributed by atoms with E-state index in [1.54, 1.807) is 18.0 Å². The van der Waals surface area contributed by atoms with Crippen LogP contribution in [0.4, 0.5) is 0 Å². The zero-order chi connectivity index (χ0) is 15.4. The molecule has 0 aliphatic rings. The van der Waals surface area contributed by atoms with Crippen LogP contribution in [0.3, 0.4) is 0 Å². The number of imidazole rings is 1. The van der Waals surface area contributed by atoms with Crippen LogP contribution in [0.15, 0.2) is 72.1 Å². The first-order valence-electron chi connectivity index (χ1n) is 7.21.